The van der Waals surface area contributed by atoms with Gasteiger partial charge < -0.3 is 14.4 Å². The summed E-state index contributed by atoms with van der Waals surface area (Å²) in [5, 5.41) is 0. The van der Waals surface area contributed by atoms with E-state index in [1.807, 2.05) is 11.8 Å². The summed E-state index contributed by atoms with van der Waals surface area (Å²) in [4.78, 5) is 14.3. The van der Waals surface area contributed by atoms with Gasteiger partial charge in [0.2, 0.25) is 0 Å². The van der Waals surface area contributed by atoms with Crippen LogP contribution < -0.4 is 4.74 Å². The average molecular weight is 351 g/mol. The molecular formula is C18H22FNO3S. The predicted octanol–water partition coefficient (Wildman–Crippen LogP) is 2.96. The smallest absolute Gasteiger partial charge is 0.254 e. The highest BCUT2D eigenvalue weighted by atomic mass is 32.2. The van der Waals surface area contributed by atoms with Gasteiger partial charge in [0.25, 0.3) is 5.91 Å². The highest BCUT2D eigenvalue weighted by molar-refractivity contribution is 8.01. The van der Waals surface area contributed by atoms with Crippen LogP contribution in [0.2, 0.25) is 0 Å². The van der Waals surface area contributed by atoms with E-state index in [4.69, 9.17) is 9.47 Å². The number of benzene rings is 1. The molecule has 3 fully saturated rings. The van der Waals surface area contributed by atoms with Crippen molar-refractivity contribution in [3.8, 4) is 5.75 Å². The molecule has 0 radical (unpaired) electrons. The molecule has 1 spiro atoms. The minimum atomic E-state index is -0.498. The number of carbonyl (C=O) groups excluding carboxylic acids is 1. The summed E-state index contributed by atoms with van der Waals surface area (Å²) < 4.78 is 24.8. The predicted molar refractivity (Wildman–Crippen MR) is 91.1 cm³/mol. The number of halogens is 1. The van der Waals surface area contributed by atoms with E-state index in [0.717, 1.165) is 37.8 Å². The molecule has 4 nitrogen and oxygen atoms in total. The number of methoxy groups -OCH3 is 1. The zero-order chi connectivity index (χ0) is 16.7. The Morgan fingerprint density at radius 2 is 2.21 bits per heavy atom. The number of hydrogen-bond acceptors (Lipinski definition) is 4. The van der Waals surface area contributed by atoms with Gasteiger partial charge in [-0.15, -0.1) is 11.8 Å². The molecule has 0 aromatic heterocycles. The fourth-order valence-electron chi connectivity index (χ4n) is 3.46. The van der Waals surface area contributed by atoms with Crippen LogP contribution >= 0.6 is 11.8 Å². The number of amides is 1. The first-order valence-corrected chi connectivity index (χ1v) is 9.45. The maximum Gasteiger partial charge on any atom is 0.254 e. The maximum absolute atomic E-state index is 13.8. The van der Waals surface area contributed by atoms with Gasteiger partial charge in [-0.3, -0.25) is 4.79 Å². The largest absolute Gasteiger partial charge is 0.494 e. The Morgan fingerprint density at radius 3 is 2.88 bits per heavy atom. The molecule has 1 aromatic rings. The van der Waals surface area contributed by atoms with Crippen molar-refractivity contribution in [1.29, 1.82) is 0 Å². The van der Waals surface area contributed by atoms with Crippen LogP contribution in [0, 0.1) is 11.7 Å². The van der Waals surface area contributed by atoms with Crippen LogP contribution in [-0.2, 0) is 4.74 Å². The lowest BCUT2D eigenvalue weighted by Crippen LogP contribution is -2.60. The summed E-state index contributed by atoms with van der Waals surface area (Å²) in [6, 6.07) is 4.39. The SMILES string of the molecule is COc1ccc(C(=O)N2CC3(C[C@@H](OCC4CC4)CS3)C2)cc1F. The highest BCUT2D eigenvalue weighted by Gasteiger charge is 2.51. The average Bonchev–Trinajstić information content (AvgIpc) is 3.28. The van der Waals surface area contributed by atoms with Crippen molar-refractivity contribution in [2.45, 2.75) is 30.1 Å². The van der Waals surface area contributed by atoms with E-state index in [1.54, 1.807) is 11.0 Å². The number of hydrogen-bond donors (Lipinski definition) is 0. The normalized spacial score (nSPS) is 24.9. The quantitative estimate of drug-likeness (QED) is 0.818. The lowest BCUT2D eigenvalue weighted by atomic mass is 9.92. The minimum absolute atomic E-state index is 0.106. The van der Waals surface area contributed by atoms with E-state index in [-0.39, 0.29) is 16.4 Å². The Hall–Kier alpha value is -1.27. The van der Waals surface area contributed by atoms with Crippen LogP contribution in [-0.4, -0.2) is 54.2 Å². The van der Waals surface area contributed by atoms with Crippen molar-refractivity contribution in [2.75, 3.05) is 32.6 Å². The topological polar surface area (TPSA) is 38.8 Å². The van der Waals surface area contributed by atoms with Gasteiger partial charge in [-0.1, -0.05) is 0 Å². The Kier molecular flexibility index (Phi) is 4.21. The van der Waals surface area contributed by atoms with Crippen LogP contribution in [0.3, 0.4) is 0 Å². The fourth-order valence-corrected chi connectivity index (χ4v) is 5.01. The van der Waals surface area contributed by atoms with Crippen molar-refractivity contribution in [2.24, 2.45) is 5.92 Å². The molecule has 2 saturated heterocycles. The maximum atomic E-state index is 13.8. The first-order chi connectivity index (χ1) is 11.6. The molecule has 0 unspecified atom stereocenters. The molecule has 6 heteroatoms. The lowest BCUT2D eigenvalue weighted by Gasteiger charge is -2.47. The Labute approximate surface area is 145 Å². The van der Waals surface area contributed by atoms with Crippen LogP contribution in [0.15, 0.2) is 18.2 Å². The second-order valence-corrected chi connectivity index (χ2v) is 8.60. The monoisotopic (exact) mass is 351 g/mol. The van der Waals surface area contributed by atoms with Gasteiger partial charge >= 0.3 is 0 Å². The van der Waals surface area contributed by atoms with Gasteiger partial charge in [0, 0.05) is 31.0 Å². The molecule has 2 aliphatic heterocycles. The second kappa shape index (κ2) is 6.23. The van der Waals surface area contributed by atoms with Crippen molar-refractivity contribution in [1.82, 2.24) is 4.90 Å². The first-order valence-electron chi connectivity index (χ1n) is 8.47. The van der Waals surface area contributed by atoms with Gasteiger partial charge in [-0.2, -0.15) is 0 Å². The van der Waals surface area contributed by atoms with Crippen molar-refractivity contribution < 1.29 is 18.7 Å². The number of carbonyl (C=O) groups is 1. The zero-order valence-electron chi connectivity index (χ0n) is 13.8. The van der Waals surface area contributed by atoms with Gasteiger partial charge in [0.15, 0.2) is 11.6 Å². The van der Waals surface area contributed by atoms with Crippen molar-refractivity contribution >= 4 is 17.7 Å². The third kappa shape index (κ3) is 3.14. The molecule has 24 heavy (non-hydrogen) atoms. The lowest BCUT2D eigenvalue weighted by molar-refractivity contribution is 0.0286. The third-order valence-electron chi connectivity index (χ3n) is 5.08. The van der Waals surface area contributed by atoms with Crippen molar-refractivity contribution in [3.05, 3.63) is 29.6 Å². The molecule has 0 bridgehead atoms. The van der Waals surface area contributed by atoms with E-state index in [9.17, 15) is 9.18 Å². The molecule has 2 heterocycles. The van der Waals surface area contributed by atoms with Gasteiger partial charge in [-0.05, 0) is 43.4 Å². The van der Waals surface area contributed by atoms with Crippen molar-refractivity contribution in [3.63, 3.8) is 0 Å². The number of thioether (sulfide) groups is 1. The van der Waals surface area contributed by atoms with E-state index in [0.29, 0.717) is 11.7 Å². The summed E-state index contributed by atoms with van der Waals surface area (Å²) in [5.74, 6) is 1.36. The molecule has 130 valence electrons. The molecule has 4 rings (SSSR count). The standard InChI is InChI=1S/C18H22FNO3S/c1-22-16-5-4-13(6-15(16)19)17(21)20-10-18(11-20)7-14(9-24-18)23-8-12-2-3-12/h4-6,12,14H,2-3,7-11H2,1H3/t14-/m1/s1. The third-order valence-corrected chi connectivity index (χ3v) is 6.66. The minimum Gasteiger partial charge on any atom is -0.494 e. The van der Waals surface area contributed by atoms with Gasteiger partial charge in [0.05, 0.1) is 18.0 Å². The number of nitrogens with zero attached hydrogens (tertiary/aromatic N) is 1. The molecule has 1 aliphatic carbocycles. The Morgan fingerprint density at radius 1 is 1.42 bits per heavy atom. The van der Waals surface area contributed by atoms with E-state index < -0.39 is 5.82 Å². The second-order valence-electron chi connectivity index (χ2n) is 7.11. The molecule has 1 atom stereocenters. The summed E-state index contributed by atoms with van der Waals surface area (Å²) in [6.07, 6.45) is 3.97. The summed E-state index contributed by atoms with van der Waals surface area (Å²) >= 11 is 1.92. The van der Waals surface area contributed by atoms with Gasteiger partial charge in [-0.25, -0.2) is 4.39 Å². The van der Waals surface area contributed by atoms with E-state index in [2.05, 4.69) is 0 Å². The molecule has 1 aromatic carbocycles. The fraction of sp³-hybridized carbons (Fsp3) is 0.611. The van der Waals surface area contributed by atoms with Crippen LogP contribution in [0.4, 0.5) is 4.39 Å². The highest BCUT2D eigenvalue weighted by Crippen LogP contribution is 2.46. The zero-order valence-corrected chi connectivity index (χ0v) is 14.6. The Bertz CT molecular complexity index is 643. The van der Waals surface area contributed by atoms with E-state index >= 15 is 0 Å². The number of rotatable bonds is 5. The van der Waals surface area contributed by atoms with Crippen LogP contribution in [0.1, 0.15) is 29.6 Å². The molecule has 0 N–H and O–H groups in total. The first kappa shape index (κ1) is 16.2. The molecule has 3 aliphatic rings. The van der Waals surface area contributed by atoms with E-state index in [1.165, 1.54) is 32.1 Å². The van der Waals surface area contributed by atoms with Gasteiger partial charge in [0.1, 0.15) is 0 Å². The molecular weight excluding hydrogens is 329 g/mol. The molecule has 1 amide bonds. The number of ether oxygens (including phenoxy) is 2. The Balaban J connectivity index is 1.31. The van der Waals surface area contributed by atoms with Crippen LogP contribution in [0.5, 0.6) is 5.75 Å². The summed E-state index contributed by atoms with van der Waals surface area (Å²) in [6.45, 7) is 2.36. The number of likely N-dealkylation sites (tertiary alicyclic amines) is 1. The summed E-state index contributed by atoms with van der Waals surface area (Å²) in [7, 11) is 1.41. The summed E-state index contributed by atoms with van der Waals surface area (Å²) in [5.41, 5.74) is 0.382. The van der Waals surface area contributed by atoms with Crippen LogP contribution in [0.25, 0.3) is 0 Å². The molecule has 1 saturated carbocycles.